The summed E-state index contributed by atoms with van der Waals surface area (Å²) in [5.41, 5.74) is 3.06. The topological polar surface area (TPSA) is 55.8 Å². The fourth-order valence-electron chi connectivity index (χ4n) is 3.52. The summed E-state index contributed by atoms with van der Waals surface area (Å²) in [6.45, 7) is 2.33. The first-order chi connectivity index (χ1) is 12.9. The van der Waals surface area contributed by atoms with Crippen LogP contribution in [-0.2, 0) is 22.9 Å². The molecule has 2 aromatic carbocycles. The molecule has 1 atom stereocenters. The minimum absolute atomic E-state index is 0.291. The lowest BCUT2D eigenvalue weighted by molar-refractivity contribution is 0.319. The van der Waals surface area contributed by atoms with Gasteiger partial charge >= 0.3 is 0 Å². The zero-order valence-corrected chi connectivity index (χ0v) is 17.3. The van der Waals surface area contributed by atoms with Gasteiger partial charge in [0.15, 0.2) is 11.5 Å². The average molecular weight is 410 g/mol. The van der Waals surface area contributed by atoms with Gasteiger partial charge in [0.25, 0.3) is 0 Å². The first-order valence-corrected chi connectivity index (χ1v) is 10.8. The van der Waals surface area contributed by atoms with E-state index in [2.05, 4.69) is 0 Å². The molecule has 0 bridgehead atoms. The highest BCUT2D eigenvalue weighted by Crippen LogP contribution is 2.39. The molecule has 1 unspecified atom stereocenters. The molecule has 0 N–H and O–H groups in total. The molecule has 0 aliphatic carbocycles. The molecule has 0 fully saturated rings. The third kappa shape index (κ3) is 3.79. The predicted molar refractivity (Wildman–Crippen MR) is 106 cm³/mol. The molecule has 0 radical (unpaired) electrons. The number of nitrogens with zero attached hydrogens (tertiary/aromatic N) is 1. The highest BCUT2D eigenvalue weighted by atomic mass is 35.5. The third-order valence-corrected chi connectivity index (χ3v) is 7.22. The Kier molecular flexibility index (Phi) is 5.99. The van der Waals surface area contributed by atoms with Crippen molar-refractivity contribution in [1.82, 2.24) is 4.31 Å². The van der Waals surface area contributed by atoms with E-state index in [-0.39, 0.29) is 6.04 Å². The summed E-state index contributed by atoms with van der Waals surface area (Å²) in [7, 11) is -0.416. The molecule has 0 spiro atoms. The Morgan fingerprint density at radius 3 is 2.33 bits per heavy atom. The number of methoxy groups -OCH3 is 2. The van der Waals surface area contributed by atoms with E-state index < -0.39 is 10.0 Å². The predicted octanol–water partition coefficient (Wildman–Crippen LogP) is 3.79. The van der Waals surface area contributed by atoms with Gasteiger partial charge < -0.3 is 9.47 Å². The number of rotatable bonds is 6. The van der Waals surface area contributed by atoms with Gasteiger partial charge in [-0.25, -0.2) is 8.42 Å². The van der Waals surface area contributed by atoms with E-state index >= 15 is 0 Å². The number of alkyl halides is 1. The maximum Gasteiger partial charge on any atom is 0.243 e. The van der Waals surface area contributed by atoms with Crippen molar-refractivity contribution in [1.29, 1.82) is 0 Å². The number of sulfonamides is 1. The van der Waals surface area contributed by atoms with Crippen molar-refractivity contribution in [2.45, 2.75) is 30.7 Å². The zero-order chi connectivity index (χ0) is 19.6. The molecule has 27 heavy (non-hydrogen) atoms. The molecule has 7 heteroatoms. The van der Waals surface area contributed by atoms with E-state index in [1.54, 1.807) is 30.7 Å². The van der Waals surface area contributed by atoms with Crippen LogP contribution in [-0.4, -0.2) is 39.4 Å². The van der Waals surface area contributed by atoms with Gasteiger partial charge in [-0.3, -0.25) is 0 Å². The van der Waals surface area contributed by atoms with Crippen molar-refractivity contribution in [3.05, 3.63) is 53.1 Å². The zero-order valence-electron chi connectivity index (χ0n) is 15.7. The van der Waals surface area contributed by atoms with Crippen LogP contribution in [0.4, 0.5) is 0 Å². The minimum atomic E-state index is -3.59. The standard InChI is InChI=1S/C20H24ClNO4S/c1-14-18-13-20(26-3)19(25-2)12-16(18)9-11-22(14)27(23,24)17-6-4-15(5-7-17)8-10-21/h4-7,12-14H,8-11H2,1-3H3. The summed E-state index contributed by atoms with van der Waals surface area (Å²) in [5, 5.41) is 0. The molecule has 3 rings (SSSR count). The van der Waals surface area contributed by atoms with Gasteiger partial charge in [-0.05, 0) is 60.7 Å². The molecule has 146 valence electrons. The van der Waals surface area contributed by atoms with Crippen molar-refractivity contribution >= 4 is 21.6 Å². The number of benzene rings is 2. The summed E-state index contributed by atoms with van der Waals surface area (Å²) in [5.74, 6) is 1.78. The van der Waals surface area contributed by atoms with Crippen LogP contribution >= 0.6 is 11.6 Å². The molecule has 1 aliphatic rings. The highest BCUT2D eigenvalue weighted by molar-refractivity contribution is 7.89. The van der Waals surface area contributed by atoms with E-state index in [4.69, 9.17) is 21.1 Å². The quantitative estimate of drug-likeness (QED) is 0.681. The monoisotopic (exact) mass is 409 g/mol. The van der Waals surface area contributed by atoms with Crippen LogP contribution in [0.5, 0.6) is 11.5 Å². The summed E-state index contributed by atoms with van der Waals surface area (Å²) in [6, 6.07) is 10.5. The maximum absolute atomic E-state index is 13.2. The Bertz CT molecular complexity index is 912. The summed E-state index contributed by atoms with van der Waals surface area (Å²) in [6.07, 6.45) is 1.35. The summed E-state index contributed by atoms with van der Waals surface area (Å²) < 4.78 is 38.7. The van der Waals surface area contributed by atoms with E-state index in [9.17, 15) is 8.42 Å². The Morgan fingerprint density at radius 1 is 1.11 bits per heavy atom. The number of hydrogen-bond acceptors (Lipinski definition) is 4. The Labute approximate surface area is 165 Å². The Morgan fingerprint density at radius 2 is 1.74 bits per heavy atom. The van der Waals surface area contributed by atoms with Crippen LogP contribution in [0.25, 0.3) is 0 Å². The first-order valence-electron chi connectivity index (χ1n) is 8.84. The first kappa shape index (κ1) is 20.0. The van der Waals surface area contributed by atoms with Gasteiger partial charge in [0, 0.05) is 18.5 Å². The minimum Gasteiger partial charge on any atom is -0.493 e. The second-order valence-corrected chi connectivity index (χ2v) is 8.80. The molecule has 2 aromatic rings. The van der Waals surface area contributed by atoms with Crippen molar-refractivity contribution in [3.63, 3.8) is 0 Å². The van der Waals surface area contributed by atoms with Crippen LogP contribution in [0.15, 0.2) is 41.3 Å². The second kappa shape index (κ2) is 8.09. The van der Waals surface area contributed by atoms with Crippen LogP contribution < -0.4 is 9.47 Å². The smallest absolute Gasteiger partial charge is 0.243 e. The van der Waals surface area contributed by atoms with Crippen LogP contribution in [0, 0.1) is 0 Å². The van der Waals surface area contributed by atoms with E-state index in [1.165, 1.54) is 0 Å². The SMILES string of the molecule is COc1cc2c(cc1OC)C(C)N(S(=O)(=O)c1ccc(CCCl)cc1)CC2. The number of halogens is 1. The van der Waals surface area contributed by atoms with Crippen molar-refractivity contribution < 1.29 is 17.9 Å². The van der Waals surface area contributed by atoms with Gasteiger partial charge in [-0.15, -0.1) is 11.6 Å². The van der Waals surface area contributed by atoms with Gasteiger partial charge in [0.05, 0.1) is 19.1 Å². The summed E-state index contributed by atoms with van der Waals surface area (Å²) >= 11 is 5.76. The fourth-order valence-corrected chi connectivity index (χ4v) is 5.35. The number of hydrogen-bond donors (Lipinski definition) is 0. The van der Waals surface area contributed by atoms with Gasteiger partial charge in [0.2, 0.25) is 10.0 Å². The summed E-state index contributed by atoms with van der Waals surface area (Å²) in [4.78, 5) is 0.302. The Hall–Kier alpha value is -1.76. The molecular weight excluding hydrogens is 386 g/mol. The van der Waals surface area contributed by atoms with Crippen LogP contribution in [0.2, 0.25) is 0 Å². The third-order valence-electron chi connectivity index (χ3n) is 5.04. The van der Waals surface area contributed by atoms with Gasteiger partial charge in [-0.1, -0.05) is 12.1 Å². The molecule has 0 saturated heterocycles. The van der Waals surface area contributed by atoms with Crippen molar-refractivity contribution in [2.75, 3.05) is 26.6 Å². The van der Waals surface area contributed by atoms with Gasteiger partial charge in [0.1, 0.15) is 0 Å². The normalized spacial score (nSPS) is 17.4. The van der Waals surface area contributed by atoms with E-state index in [0.29, 0.717) is 35.2 Å². The number of ether oxygens (including phenoxy) is 2. The molecule has 0 saturated carbocycles. The molecule has 5 nitrogen and oxygen atoms in total. The largest absolute Gasteiger partial charge is 0.493 e. The molecule has 1 aliphatic heterocycles. The van der Waals surface area contributed by atoms with Gasteiger partial charge in [-0.2, -0.15) is 4.31 Å². The lowest BCUT2D eigenvalue weighted by Gasteiger charge is -2.34. The van der Waals surface area contributed by atoms with E-state index in [0.717, 1.165) is 23.1 Å². The second-order valence-electron chi connectivity index (χ2n) is 6.53. The maximum atomic E-state index is 13.2. The molecule has 0 amide bonds. The fraction of sp³-hybridized carbons (Fsp3) is 0.400. The Balaban J connectivity index is 1.94. The van der Waals surface area contributed by atoms with Crippen molar-refractivity contribution in [2.24, 2.45) is 0 Å². The molecular formula is C20H24ClNO4S. The van der Waals surface area contributed by atoms with Crippen LogP contribution in [0.3, 0.4) is 0 Å². The van der Waals surface area contributed by atoms with Crippen molar-refractivity contribution in [3.8, 4) is 11.5 Å². The number of aryl methyl sites for hydroxylation is 1. The molecule has 0 aromatic heterocycles. The average Bonchev–Trinajstić information content (AvgIpc) is 2.67. The number of fused-ring (bicyclic) bond motifs is 1. The lowest BCUT2D eigenvalue weighted by atomic mass is 9.94. The van der Waals surface area contributed by atoms with E-state index in [1.807, 2.05) is 31.2 Å². The highest BCUT2D eigenvalue weighted by Gasteiger charge is 2.34. The lowest BCUT2D eigenvalue weighted by Crippen LogP contribution is -2.38. The molecule has 1 heterocycles. The van der Waals surface area contributed by atoms with Crippen LogP contribution in [0.1, 0.15) is 29.7 Å².